The van der Waals surface area contributed by atoms with Crippen molar-refractivity contribution < 1.29 is 9.90 Å². The van der Waals surface area contributed by atoms with Crippen LogP contribution in [-0.4, -0.2) is 16.8 Å². The van der Waals surface area contributed by atoms with E-state index < -0.39 is 5.97 Å². The van der Waals surface area contributed by atoms with Gasteiger partial charge in [0.25, 0.3) is 0 Å². The van der Waals surface area contributed by atoms with Gasteiger partial charge in [-0.1, -0.05) is 67.6 Å². The number of allylic oxidation sites excluding steroid dienone is 1. The Balaban J connectivity index is 2.23. The number of carbonyl (C=O) groups is 1. The summed E-state index contributed by atoms with van der Waals surface area (Å²) in [6, 6.07) is 23.9. The fourth-order valence-electron chi connectivity index (χ4n) is 3.64. The monoisotopic (exact) mass is 410 g/mol. The number of nitrogen functional groups attached to an aromatic ring is 1. The first-order valence-electron chi connectivity index (χ1n) is 10.2. The second-order valence-electron chi connectivity index (χ2n) is 7.29. The first kappa shape index (κ1) is 21.8. The molecule has 4 nitrogen and oxygen atoms in total. The molecule has 0 spiro atoms. The van der Waals surface area contributed by atoms with Crippen molar-refractivity contribution in [3.63, 3.8) is 0 Å². The predicted octanol–water partition coefficient (Wildman–Crippen LogP) is 6.12. The van der Waals surface area contributed by atoms with E-state index in [1.807, 2.05) is 60.7 Å². The lowest BCUT2D eigenvalue weighted by molar-refractivity contribution is -0.131. The number of hydrogen-bond donors (Lipinski definition) is 3. The summed E-state index contributed by atoms with van der Waals surface area (Å²) in [5.41, 5.74) is 14.1. The molecule has 0 aliphatic rings. The van der Waals surface area contributed by atoms with Crippen LogP contribution in [0.5, 0.6) is 0 Å². The molecule has 0 bridgehead atoms. The topological polar surface area (TPSA) is 87.2 Å². The van der Waals surface area contributed by atoms with E-state index in [9.17, 15) is 4.79 Å². The summed E-state index contributed by atoms with van der Waals surface area (Å²) in [7, 11) is 0. The van der Waals surface area contributed by atoms with Crippen LogP contribution in [0.4, 0.5) is 5.69 Å². The minimum absolute atomic E-state index is 0.422. The number of rotatable bonds is 7. The van der Waals surface area contributed by atoms with Crippen LogP contribution in [0.3, 0.4) is 0 Å². The van der Waals surface area contributed by atoms with Crippen LogP contribution in [0.25, 0.3) is 17.2 Å². The first-order valence-corrected chi connectivity index (χ1v) is 10.2. The van der Waals surface area contributed by atoms with E-state index in [-0.39, 0.29) is 0 Å². The Morgan fingerprint density at radius 1 is 0.968 bits per heavy atom. The molecule has 0 amide bonds. The van der Waals surface area contributed by atoms with Crippen molar-refractivity contribution in [3.8, 4) is 0 Å². The third kappa shape index (κ3) is 5.17. The molecule has 3 aromatic rings. The van der Waals surface area contributed by atoms with E-state index in [1.165, 1.54) is 5.57 Å². The lowest BCUT2D eigenvalue weighted by Gasteiger charge is -2.18. The van der Waals surface area contributed by atoms with Crippen LogP contribution >= 0.6 is 0 Å². The molecule has 4 N–H and O–H groups in total. The Hall–Kier alpha value is -3.92. The molecule has 31 heavy (non-hydrogen) atoms. The van der Waals surface area contributed by atoms with Crippen LogP contribution in [0.15, 0.2) is 78.9 Å². The molecule has 156 valence electrons. The molecule has 0 aliphatic heterocycles. The number of hydrogen-bond acceptors (Lipinski definition) is 3. The second-order valence-corrected chi connectivity index (χ2v) is 7.29. The molecule has 0 aromatic heterocycles. The van der Waals surface area contributed by atoms with Crippen molar-refractivity contribution in [2.45, 2.75) is 20.3 Å². The predicted molar refractivity (Wildman–Crippen MR) is 129 cm³/mol. The van der Waals surface area contributed by atoms with Gasteiger partial charge in [-0.05, 0) is 65.0 Å². The Labute approximate surface area is 182 Å². The van der Waals surface area contributed by atoms with Gasteiger partial charge in [0, 0.05) is 23.0 Å². The van der Waals surface area contributed by atoms with Gasteiger partial charge in [-0.3, -0.25) is 0 Å². The van der Waals surface area contributed by atoms with Gasteiger partial charge < -0.3 is 16.2 Å². The zero-order valence-corrected chi connectivity index (χ0v) is 17.7. The molecular weight excluding hydrogens is 384 g/mol. The summed E-state index contributed by atoms with van der Waals surface area (Å²) in [5.74, 6) is -0.974. The van der Waals surface area contributed by atoms with Crippen LogP contribution in [0.1, 0.15) is 48.1 Å². The fourth-order valence-corrected chi connectivity index (χ4v) is 3.64. The maximum Gasteiger partial charge on any atom is 0.328 e. The normalized spacial score (nSPS) is 11.9. The Kier molecular flexibility index (Phi) is 6.83. The molecule has 0 unspecified atom stereocenters. The molecule has 0 heterocycles. The Morgan fingerprint density at radius 3 is 2.19 bits per heavy atom. The molecule has 0 radical (unpaired) electrons. The number of carboxylic acid groups (broad SMARTS) is 1. The smallest absolute Gasteiger partial charge is 0.328 e. The number of anilines is 1. The van der Waals surface area contributed by atoms with Crippen LogP contribution in [0, 0.1) is 5.41 Å². The lowest BCUT2D eigenvalue weighted by atomic mass is 9.87. The summed E-state index contributed by atoms with van der Waals surface area (Å²) in [6.07, 6.45) is 3.53. The highest BCUT2D eigenvalue weighted by atomic mass is 16.4. The third-order valence-corrected chi connectivity index (χ3v) is 5.14. The maximum absolute atomic E-state index is 10.8. The molecule has 0 saturated heterocycles. The van der Waals surface area contributed by atoms with Crippen molar-refractivity contribution in [2.24, 2.45) is 0 Å². The Morgan fingerprint density at radius 2 is 1.61 bits per heavy atom. The van der Waals surface area contributed by atoms with E-state index in [1.54, 1.807) is 13.0 Å². The van der Waals surface area contributed by atoms with Gasteiger partial charge in [-0.2, -0.15) is 0 Å². The van der Waals surface area contributed by atoms with Crippen molar-refractivity contribution in [3.05, 3.63) is 107 Å². The lowest BCUT2D eigenvalue weighted by Crippen LogP contribution is -2.02. The average molecular weight is 411 g/mol. The van der Waals surface area contributed by atoms with Crippen LogP contribution in [0.2, 0.25) is 0 Å². The Bertz CT molecular complexity index is 1160. The highest BCUT2D eigenvalue weighted by molar-refractivity contribution is 6.04. The quantitative estimate of drug-likeness (QED) is 0.190. The summed E-state index contributed by atoms with van der Waals surface area (Å²) in [4.78, 5) is 10.8. The summed E-state index contributed by atoms with van der Waals surface area (Å²) < 4.78 is 0. The molecule has 4 heteroatoms. The fraction of sp³-hybridized carbons (Fsp3) is 0.111. The van der Waals surface area contributed by atoms with Crippen molar-refractivity contribution in [1.29, 1.82) is 5.41 Å². The molecule has 3 aromatic carbocycles. The number of aliphatic carboxylic acids is 1. The van der Waals surface area contributed by atoms with E-state index >= 15 is 0 Å². The number of carboxylic acids is 1. The highest BCUT2D eigenvalue weighted by Crippen LogP contribution is 2.35. The molecular formula is C27H26N2O2. The van der Waals surface area contributed by atoms with Gasteiger partial charge in [0.05, 0.1) is 0 Å². The minimum atomic E-state index is -0.974. The molecule has 0 atom stereocenters. The molecule has 0 saturated carbocycles. The van der Waals surface area contributed by atoms with Gasteiger partial charge in [-0.15, -0.1) is 0 Å². The standard InChI is InChI=1S/C27H26N2O2/c1-3-23(20-7-5-4-6-8-20)27(22-14-15-25(29)24(17-22)18(2)28)21-12-9-19(10-13-21)11-16-26(30)31/h4-17,28H,3,29H2,1-2H3,(H,30,31)/b16-11+,27-23+,28-18?. The van der Waals surface area contributed by atoms with Gasteiger partial charge >= 0.3 is 5.97 Å². The largest absolute Gasteiger partial charge is 0.478 e. The summed E-state index contributed by atoms with van der Waals surface area (Å²) in [5, 5.41) is 17.0. The van der Waals surface area contributed by atoms with Gasteiger partial charge in [0.1, 0.15) is 0 Å². The number of benzene rings is 3. The zero-order valence-electron chi connectivity index (χ0n) is 17.7. The second kappa shape index (κ2) is 9.72. The van der Waals surface area contributed by atoms with Crippen molar-refractivity contribution in [2.75, 3.05) is 5.73 Å². The van der Waals surface area contributed by atoms with Crippen molar-refractivity contribution >= 4 is 34.6 Å². The van der Waals surface area contributed by atoms with Gasteiger partial charge in [0.2, 0.25) is 0 Å². The average Bonchev–Trinajstić information content (AvgIpc) is 2.77. The number of nitrogens with one attached hydrogen (secondary N) is 1. The van der Waals surface area contributed by atoms with E-state index in [0.29, 0.717) is 11.4 Å². The van der Waals surface area contributed by atoms with Crippen LogP contribution < -0.4 is 5.73 Å². The maximum atomic E-state index is 10.8. The van der Waals surface area contributed by atoms with E-state index in [2.05, 4.69) is 19.1 Å². The SMILES string of the molecule is CC/C(=C(/c1ccc(/C=C/C(=O)O)cc1)c1ccc(N)c(C(C)=N)c1)c1ccccc1. The highest BCUT2D eigenvalue weighted by Gasteiger charge is 2.15. The molecule has 0 aliphatic carbocycles. The van der Waals surface area contributed by atoms with Gasteiger partial charge in [-0.25, -0.2) is 4.79 Å². The first-order chi connectivity index (χ1) is 14.9. The third-order valence-electron chi connectivity index (χ3n) is 5.14. The minimum Gasteiger partial charge on any atom is -0.478 e. The van der Waals surface area contributed by atoms with Crippen molar-refractivity contribution in [1.82, 2.24) is 0 Å². The summed E-state index contributed by atoms with van der Waals surface area (Å²) in [6.45, 7) is 3.87. The van der Waals surface area contributed by atoms with Crippen LogP contribution in [-0.2, 0) is 4.79 Å². The molecule has 0 fully saturated rings. The summed E-state index contributed by atoms with van der Waals surface area (Å²) >= 11 is 0. The van der Waals surface area contributed by atoms with Gasteiger partial charge in [0.15, 0.2) is 0 Å². The number of nitrogens with two attached hydrogens (primary N) is 1. The molecule has 3 rings (SSSR count). The van der Waals surface area contributed by atoms with E-state index in [0.717, 1.165) is 45.9 Å². The van der Waals surface area contributed by atoms with E-state index in [4.69, 9.17) is 16.2 Å². The zero-order chi connectivity index (χ0) is 22.4.